The molecule has 1 saturated carbocycles. The summed E-state index contributed by atoms with van der Waals surface area (Å²) in [4.78, 5) is 11.2. The van der Waals surface area contributed by atoms with E-state index in [0.29, 0.717) is 0 Å². The maximum absolute atomic E-state index is 11.2. The molecule has 0 heterocycles. The van der Waals surface area contributed by atoms with Crippen molar-refractivity contribution in [3.63, 3.8) is 0 Å². The Bertz CT molecular complexity index is 362. The second-order valence-electron chi connectivity index (χ2n) is 4.64. The Morgan fingerprint density at radius 1 is 1.40 bits per heavy atom. The maximum atomic E-state index is 11.2. The van der Waals surface area contributed by atoms with Crippen LogP contribution in [-0.4, -0.2) is 19.9 Å². The molecule has 0 bridgehead atoms. The lowest BCUT2D eigenvalue weighted by molar-refractivity contribution is 0.464. The van der Waals surface area contributed by atoms with Gasteiger partial charge in [-0.2, -0.15) is 0 Å². The summed E-state index contributed by atoms with van der Waals surface area (Å²) < 4.78 is 0. The van der Waals surface area contributed by atoms with Crippen LogP contribution in [-0.2, 0) is 10.2 Å². The van der Waals surface area contributed by atoms with E-state index in [2.05, 4.69) is 18.5 Å². The molecular weight excluding hydrogens is 186 g/mol. The number of benzene rings is 1. The Morgan fingerprint density at radius 2 is 2.07 bits per heavy atom. The van der Waals surface area contributed by atoms with Gasteiger partial charge in [-0.3, -0.25) is 4.79 Å². The molecule has 0 aromatic heterocycles. The van der Waals surface area contributed by atoms with Crippen LogP contribution in [0.5, 0.6) is 0 Å². The predicted molar refractivity (Wildman–Crippen MR) is 60.5 cm³/mol. The molecule has 1 aromatic carbocycles. The number of nitrogens with one attached hydrogen (secondary N) is 1. The fourth-order valence-corrected chi connectivity index (χ4v) is 2.54. The zero-order valence-corrected chi connectivity index (χ0v) is 9.21. The van der Waals surface area contributed by atoms with E-state index in [-0.39, 0.29) is 10.8 Å². The van der Waals surface area contributed by atoms with Gasteiger partial charge in [0, 0.05) is 6.54 Å². The topological polar surface area (TPSA) is 29.1 Å². The summed E-state index contributed by atoms with van der Waals surface area (Å²) in [5.74, 6) is 0. The Morgan fingerprint density at radius 3 is 2.60 bits per heavy atom. The fourth-order valence-electron chi connectivity index (χ4n) is 2.54. The minimum Gasteiger partial charge on any atom is -0.319 e. The molecule has 79 valence electrons. The number of rotatable bonds is 4. The molecule has 1 aliphatic rings. The molecule has 1 fully saturated rings. The molecule has 0 amide bonds. The lowest BCUT2D eigenvalue weighted by atomic mass is 9.88. The standard InChI is InChI=1S/C13H16NO/c1-12(9-14-2)8-13(12,10-15)11-6-4-3-5-7-11/h3-7,14H,8-9H2,1-2H3/t12-,13+/m0/s1. The summed E-state index contributed by atoms with van der Waals surface area (Å²) in [6.45, 7) is 3.00. The first kappa shape index (κ1) is 10.4. The molecule has 15 heavy (non-hydrogen) atoms. The van der Waals surface area contributed by atoms with Crippen molar-refractivity contribution in [2.24, 2.45) is 5.41 Å². The molecule has 1 radical (unpaired) electrons. The molecule has 0 unspecified atom stereocenters. The van der Waals surface area contributed by atoms with Crippen LogP contribution in [0.1, 0.15) is 18.9 Å². The molecule has 0 aliphatic heterocycles. The first-order chi connectivity index (χ1) is 7.18. The van der Waals surface area contributed by atoms with Gasteiger partial charge in [-0.1, -0.05) is 37.3 Å². The second-order valence-corrected chi connectivity index (χ2v) is 4.64. The van der Waals surface area contributed by atoms with Gasteiger partial charge >= 0.3 is 0 Å². The molecule has 2 heteroatoms. The Hall–Kier alpha value is -1.15. The first-order valence-corrected chi connectivity index (χ1v) is 5.28. The number of hydrogen-bond donors (Lipinski definition) is 1. The van der Waals surface area contributed by atoms with Crippen molar-refractivity contribution in [2.75, 3.05) is 13.6 Å². The highest BCUT2D eigenvalue weighted by Crippen LogP contribution is 2.62. The van der Waals surface area contributed by atoms with E-state index in [1.807, 2.05) is 37.4 Å². The van der Waals surface area contributed by atoms with E-state index >= 15 is 0 Å². The van der Waals surface area contributed by atoms with E-state index < -0.39 is 0 Å². The van der Waals surface area contributed by atoms with E-state index in [4.69, 9.17) is 0 Å². The fraction of sp³-hybridized carbons (Fsp3) is 0.462. The van der Waals surface area contributed by atoms with Crippen molar-refractivity contribution in [3.05, 3.63) is 35.9 Å². The lowest BCUT2D eigenvalue weighted by Crippen LogP contribution is -2.27. The third-order valence-corrected chi connectivity index (χ3v) is 3.57. The van der Waals surface area contributed by atoms with Crippen molar-refractivity contribution in [3.8, 4) is 0 Å². The van der Waals surface area contributed by atoms with Gasteiger partial charge in [-0.15, -0.1) is 0 Å². The van der Waals surface area contributed by atoms with E-state index in [1.165, 1.54) is 0 Å². The van der Waals surface area contributed by atoms with Crippen LogP contribution in [0.15, 0.2) is 30.3 Å². The first-order valence-electron chi connectivity index (χ1n) is 5.28. The summed E-state index contributed by atoms with van der Waals surface area (Å²) in [6, 6.07) is 9.97. The maximum Gasteiger partial charge on any atom is 0.210 e. The Balaban J connectivity index is 2.31. The smallest absolute Gasteiger partial charge is 0.210 e. The molecule has 2 rings (SSSR count). The van der Waals surface area contributed by atoms with Crippen molar-refractivity contribution in [2.45, 2.75) is 18.8 Å². The lowest BCUT2D eigenvalue weighted by Gasteiger charge is -2.16. The largest absolute Gasteiger partial charge is 0.319 e. The molecule has 0 spiro atoms. The molecule has 1 aliphatic carbocycles. The zero-order valence-electron chi connectivity index (χ0n) is 9.21. The summed E-state index contributed by atoms with van der Waals surface area (Å²) in [5, 5.41) is 3.15. The van der Waals surface area contributed by atoms with Crippen molar-refractivity contribution in [1.29, 1.82) is 0 Å². The highest BCUT2D eigenvalue weighted by molar-refractivity contribution is 5.77. The Labute approximate surface area is 90.7 Å². The normalized spacial score (nSPS) is 33.7. The van der Waals surface area contributed by atoms with Gasteiger partial charge in [0.2, 0.25) is 6.29 Å². The second kappa shape index (κ2) is 3.46. The van der Waals surface area contributed by atoms with E-state index in [0.717, 1.165) is 18.5 Å². The SMILES string of the molecule is CNC[C@]1(C)C[C@@]1([C]=O)c1ccccc1. The minimum atomic E-state index is -0.378. The van der Waals surface area contributed by atoms with Crippen LogP contribution in [0.2, 0.25) is 0 Å². The minimum absolute atomic E-state index is 0.0326. The van der Waals surface area contributed by atoms with Crippen LogP contribution >= 0.6 is 0 Å². The highest BCUT2D eigenvalue weighted by Gasteiger charge is 2.65. The van der Waals surface area contributed by atoms with Crippen LogP contribution in [0.4, 0.5) is 0 Å². The molecule has 2 nitrogen and oxygen atoms in total. The zero-order chi connectivity index (χ0) is 10.9. The van der Waals surface area contributed by atoms with Gasteiger partial charge in [-0.25, -0.2) is 0 Å². The average Bonchev–Trinajstić information content (AvgIpc) is 2.87. The third-order valence-electron chi connectivity index (χ3n) is 3.57. The van der Waals surface area contributed by atoms with Crippen LogP contribution in [0.25, 0.3) is 0 Å². The predicted octanol–water partition coefficient (Wildman–Crippen LogP) is 1.66. The Kier molecular flexibility index (Phi) is 2.39. The van der Waals surface area contributed by atoms with Gasteiger partial charge in [0.25, 0.3) is 0 Å². The van der Waals surface area contributed by atoms with Crippen LogP contribution < -0.4 is 5.32 Å². The van der Waals surface area contributed by atoms with Gasteiger partial charge in [-0.05, 0) is 24.4 Å². The quantitative estimate of drug-likeness (QED) is 0.804. The van der Waals surface area contributed by atoms with Crippen molar-refractivity contribution >= 4 is 6.29 Å². The van der Waals surface area contributed by atoms with Gasteiger partial charge in [0.15, 0.2) is 0 Å². The van der Waals surface area contributed by atoms with Gasteiger partial charge in [0.1, 0.15) is 0 Å². The van der Waals surface area contributed by atoms with Crippen LogP contribution in [0.3, 0.4) is 0 Å². The van der Waals surface area contributed by atoms with Crippen molar-refractivity contribution in [1.82, 2.24) is 5.32 Å². The van der Waals surface area contributed by atoms with E-state index in [9.17, 15) is 4.79 Å². The monoisotopic (exact) mass is 202 g/mol. The number of hydrogen-bond acceptors (Lipinski definition) is 2. The molecular formula is C13H16NO. The average molecular weight is 202 g/mol. The molecule has 0 saturated heterocycles. The van der Waals surface area contributed by atoms with Crippen LogP contribution in [0, 0.1) is 5.41 Å². The van der Waals surface area contributed by atoms with E-state index in [1.54, 1.807) is 0 Å². The third kappa shape index (κ3) is 1.40. The summed E-state index contributed by atoms with van der Waals surface area (Å²) in [7, 11) is 1.92. The molecule has 1 aromatic rings. The number of carbonyl (C=O) groups excluding carboxylic acids is 1. The van der Waals surface area contributed by atoms with Gasteiger partial charge in [0.05, 0.1) is 5.41 Å². The molecule has 2 atom stereocenters. The van der Waals surface area contributed by atoms with Gasteiger partial charge < -0.3 is 5.32 Å². The molecule has 1 N–H and O–H groups in total. The summed E-state index contributed by atoms with van der Waals surface area (Å²) in [6.07, 6.45) is 3.15. The summed E-state index contributed by atoms with van der Waals surface area (Å²) in [5.41, 5.74) is 0.750. The summed E-state index contributed by atoms with van der Waals surface area (Å²) >= 11 is 0. The van der Waals surface area contributed by atoms with Crippen molar-refractivity contribution < 1.29 is 4.79 Å². The highest BCUT2D eigenvalue weighted by atomic mass is 16.1.